The molecule has 1 aromatic rings. The Morgan fingerprint density at radius 1 is 1.92 bits per heavy atom. The molecule has 0 bridgehead atoms. The van der Waals surface area contributed by atoms with Crippen molar-refractivity contribution in [3.63, 3.8) is 0 Å². The zero-order chi connectivity index (χ0) is 8.97. The first kappa shape index (κ1) is 8.99. The molecule has 0 radical (unpaired) electrons. The van der Waals surface area contributed by atoms with Gasteiger partial charge in [-0.25, -0.2) is 0 Å². The molecule has 0 saturated heterocycles. The van der Waals surface area contributed by atoms with Crippen molar-refractivity contribution in [1.82, 2.24) is 15.5 Å². The topological polar surface area (TPSA) is 81.6 Å². The lowest BCUT2D eigenvalue weighted by atomic mass is 10.4. The minimum atomic E-state index is -0.307. The summed E-state index contributed by atoms with van der Waals surface area (Å²) in [4.78, 5) is 11.1. The second-order valence-electron chi connectivity index (χ2n) is 1.93. The molecule has 62 valence electrons. The summed E-state index contributed by atoms with van der Waals surface area (Å²) in [6.45, 7) is 0.00787. The summed E-state index contributed by atoms with van der Waals surface area (Å²) in [7, 11) is 0. The molecular weight excluding hydrogens is 271 g/mol. The van der Waals surface area contributed by atoms with Gasteiger partial charge in [-0.3, -0.25) is 9.89 Å². The molecule has 5 nitrogen and oxygen atoms in total. The van der Waals surface area contributed by atoms with Gasteiger partial charge in [0.2, 0.25) is 0 Å². The van der Waals surface area contributed by atoms with Gasteiger partial charge in [0.15, 0.2) is 0 Å². The van der Waals surface area contributed by atoms with Crippen molar-refractivity contribution < 1.29 is 4.79 Å². The number of aromatic nitrogens is 2. The number of nitrogens with zero attached hydrogens (tertiary/aromatic N) is 2. The average Bonchev–Trinajstić information content (AvgIpc) is 2.47. The molecule has 0 aliphatic rings. The molecule has 1 aromatic heterocycles. The van der Waals surface area contributed by atoms with Crippen molar-refractivity contribution in [2.45, 2.75) is 0 Å². The third-order valence-electron chi connectivity index (χ3n) is 1.15. The molecule has 0 spiro atoms. The standard InChI is InChI=1S/C6H5IN4O/c7-4-3-10-11-5(4)6(12)9-2-1-8/h3H,2H2,(H,9,12)(H,10,11). The van der Waals surface area contributed by atoms with Gasteiger partial charge in [-0.1, -0.05) is 0 Å². The van der Waals surface area contributed by atoms with Crippen molar-refractivity contribution in [2.24, 2.45) is 0 Å². The SMILES string of the molecule is N#CCNC(=O)c1[nH]ncc1I. The number of H-pyrrole nitrogens is 1. The van der Waals surface area contributed by atoms with E-state index >= 15 is 0 Å². The highest BCUT2D eigenvalue weighted by atomic mass is 127. The molecule has 0 unspecified atom stereocenters. The zero-order valence-corrected chi connectivity index (χ0v) is 8.12. The summed E-state index contributed by atoms with van der Waals surface area (Å²) in [5.41, 5.74) is 0.394. The maximum absolute atomic E-state index is 11.1. The summed E-state index contributed by atoms with van der Waals surface area (Å²) >= 11 is 1.99. The largest absolute Gasteiger partial charge is 0.338 e. The molecule has 0 aliphatic carbocycles. The van der Waals surface area contributed by atoms with E-state index in [0.717, 1.165) is 3.57 Å². The number of rotatable bonds is 2. The van der Waals surface area contributed by atoms with E-state index in [1.165, 1.54) is 0 Å². The number of halogens is 1. The van der Waals surface area contributed by atoms with Gasteiger partial charge < -0.3 is 5.32 Å². The van der Waals surface area contributed by atoms with Crippen molar-refractivity contribution in [1.29, 1.82) is 5.26 Å². The Balaban J connectivity index is 2.67. The quantitative estimate of drug-likeness (QED) is 0.600. The lowest BCUT2D eigenvalue weighted by Crippen LogP contribution is -2.24. The maximum Gasteiger partial charge on any atom is 0.271 e. The monoisotopic (exact) mass is 276 g/mol. The van der Waals surface area contributed by atoms with Gasteiger partial charge in [0.05, 0.1) is 15.8 Å². The summed E-state index contributed by atoms with van der Waals surface area (Å²) < 4.78 is 0.739. The molecule has 2 N–H and O–H groups in total. The van der Waals surface area contributed by atoms with Crippen LogP contribution in [-0.4, -0.2) is 22.6 Å². The Hall–Kier alpha value is -1.10. The third kappa shape index (κ3) is 1.94. The van der Waals surface area contributed by atoms with Crippen LogP contribution in [-0.2, 0) is 0 Å². The van der Waals surface area contributed by atoms with E-state index in [0.29, 0.717) is 5.69 Å². The van der Waals surface area contributed by atoms with Crippen LogP contribution in [0.15, 0.2) is 6.20 Å². The van der Waals surface area contributed by atoms with E-state index in [4.69, 9.17) is 5.26 Å². The van der Waals surface area contributed by atoms with Gasteiger partial charge in [-0.05, 0) is 22.6 Å². The van der Waals surface area contributed by atoms with E-state index in [2.05, 4.69) is 15.5 Å². The smallest absolute Gasteiger partial charge is 0.271 e. The zero-order valence-electron chi connectivity index (χ0n) is 5.97. The van der Waals surface area contributed by atoms with E-state index < -0.39 is 0 Å². The third-order valence-corrected chi connectivity index (χ3v) is 1.97. The highest BCUT2D eigenvalue weighted by molar-refractivity contribution is 14.1. The molecule has 0 aromatic carbocycles. The first-order valence-corrected chi connectivity index (χ1v) is 4.17. The van der Waals surface area contributed by atoms with Gasteiger partial charge in [-0.15, -0.1) is 0 Å². The van der Waals surface area contributed by atoms with Crippen LogP contribution < -0.4 is 5.32 Å². The number of nitrogens with one attached hydrogen (secondary N) is 2. The minimum absolute atomic E-state index is 0.00787. The molecule has 0 fully saturated rings. The predicted octanol–water partition coefficient (Wildman–Crippen LogP) is 0.268. The first-order chi connectivity index (χ1) is 5.75. The fraction of sp³-hybridized carbons (Fsp3) is 0.167. The second kappa shape index (κ2) is 4.06. The lowest BCUT2D eigenvalue weighted by molar-refractivity contribution is 0.0952. The molecule has 1 heterocycles. The van der Waals surface area contributed by atoms with Crippen LogP contribution in [0.3, 0.4) is 0 Å². The molecule has 0 saturated carbocycles. The van der Waals surface area contributed by atoms with E-state index in [9.17, 15) is 4.79 Å². The molecule has 1 amide bonds. The fourth-order valence-corrected chi connectivity index (χ4v) is 1.14. The van der Waals surface area contributed by atoms with Gasteiger partial charge in [0.1, 0.15) is 12.2 Å². The number of hydrogen-bond donors (Lipinski definition) is 2. The molecule has 1 rings (SSSR count). The van der Waals surface area contributed by atoms with Crippen LogP contribution in [0.5, 0.6) is 0 Å². The fourth-order valence-electron chi connectivity index (χ4n) is 0.639. The van der Waals surface area contributed by atoms with Crippen molar-refractivity contribution >= 4 is 28.5 Å². The van der Waals surface area contributed by atoms with E-state index in [-0.39, 0.29) is 12.5 Å². The molecule has 0 aliphatic heterocycles. The molecular formula is C6H5IN4O. The molecule has 12 heavy (non-hydrogen) atoms. The number of amides is 1. The number of nitriles is 1. The van der Waals surface area contributed by atoms with Crippen molar-refractivity contribution in [3.05, 3.63) is 15.5 Å². The van der Waals surface area contributed by atoms with Gasteiger partial charge in [0.25, 0.3) is 5.91 Å². The van der Waals surface area contributed by atoms with Gasteiger partial charge in [-0.2, -0.15) is 10.4 Å². The van der Waals surface area contributed by atoms with Crippen LogP contribution in [0.1, 0.15) is 10.5 Å². The van der Waals surface area contributed by atoms with Crippen molar-refractivity contribution in [3.8, 4) is 6.07 Å². The maximum atomic E-state index is 11.1. The first-order valence-electron chi connectivity index (χ1n) is 3.09. The van der Waals surface area contributed by atoms with Crippen LogP contribution in [0, 0.1) is 14.9 Å². The van der Waals surface area contributed by atoms with Crippen molar-refractivity contribution in [2.75, 3.05) is 6.54 Å². The van der Waals surface area contributed by atoms with Gasteiger partial charge in [0, 0.05) is 0 Å². The minimum Gasteiger partial charge on any atom is -0.338 e. The Bertz CT molecular complexity index is 327. The van der Waals surface area contributed by atoms with Gasteiger partial charge >= 0.3 is 0 Å². The van der Waals surface area contributed by atoms with E-state index in [1.54, 1.807) is 6.20 Å². The van der Waals surface area contributed by atoms with Crippen LogP contribution in [0.25, 0.3) is 0 Å². The summed E-state index contributed by atoms with van der Waals surface area (Å²) in [6, 6.07) is 1.81. The number of carbonyl (C=O) groups is 1. The second-order valence-corrected chi connectivity index (χ2v) is 3.10. The number of hydrogen-bond acceptors (Lipinski definition) is 3. The number of carbonyl (C=O) groups excluding carboxylic acids is 1. The summed E-state index contributed by atoms with van der Waals surface area (Å²) in [5, 5.41) is 16.8. The number of aromatic amines is 1. The van der Waals surface area contributed by atoms with Crippen LogP contribution >= 0.6 is 22.6 Å². The summed E-state index contributed by atoms with van der Waals surface area (Å²) in [6.07, 6.45) is 1.54. The Morgan fingerprint density at radius 2 is 2.67 bits per heavy atom. The Morgan fingerprint density at radius 3 is 3.17 bits per heavy atom. The Labute approximate surface area is 82.3 Å². The normalized spacial score (nSPS) is 9.00. The molecule has 6 heteroatoms. The van der Waals surface area contributed by atoms with Crippen LogP contribution in [0.4, 0.5) is 0 Å². The average molecular weight is 276 g/mol. The molecule has 0 atom stereocenters. The predicted molar refractivity (Wildman–Crippen MR) is 49.3 cm³/mol. The van der Waals surface area contributed by atoms with E-state index in [1.807, 2.05) is 28.7 Å². The lowest BCUT2D eigenvalue weighted by Gasteiger charge is -1.96. The summed E-state index contributed by atoms with van der Waals surface area (Å²) in [5.74, 6) is -0.307. The van der Waals surface area contributed by atoms with Crippen LogP contribution in [0.2, 0.25) is 0 Å². The Kier molecular flexibility index (Phi) is 3.04. The highest BCUT2D eigenvalue weighted by Gasteiger charge is 2.10. The highest BCUT2D eigenvalue weighted by Crippen LogP contribution is 2.06.